The van der Waals surface area contributed by atoms with Gasteiger partial charge in [0.25, 0.3) is 11.1 Å². The average molecular weight is 893 g/mol. The number of thiophene rings is 2. The van der Waals surface area contributed by atoms with Gasteiger partial charge in [-0.2, -0.15) is 0 Å². The Labute approximate surface area is 364 Å². The molecule has 8 aromatic rings. The van der Waals surface area contributed by atoms with Gasteiger partial charge in [-0.05, 0) is 103 Å². The van der Waals surface area contributed by atoms with Gasteiger partial charge in [0.05, 0.1) is 45.6 Å². The molecule has 63 heavy (non-hydrogen) atoms. The van der Waals surface area contributed by atoms with Crippen LogP contribution in [0.25, 0.3) is 42.2 Å². The fourth-order valence-electron chi connectivity index (χ4n) is 6.79. The highest BCUT2D eigenvalue weighted by Crippen LogP contribution is 2.32. The summed E-state index contributed by atoms with van der Waals surface area (Å²) in [5, 5.41) is 34.3. The van der Waals surface area contributed by atoms with Gasteiger partial charge in [-0.3, -0.25) is 23.5 Å². The number of aromatic carboxylic acids is 2. The molecule has 0 aliphatic heterocycles. The van der Waals surface area contributed by atoms with Crippen molar-refractivity contribution >= 4 is 83.0 Å². The van der Waals surface area contributed by atoms with Gasteiger partial charge in [0.15, 0.2) is 5.75 Å². The summed E-state index contributed by atoms with van der Waals surface area (Å²) in [5.41, 5.74) is 1.28. The van der Waals surface area contributed by atoms with E-state index in [2.05, 4.69) is 9.97 Å². The van der Waals surface area contributed by atoms with E-state index >= 15 is 0 Å². The second-order valence-corrected chi connectivity index (χ2v) is 17.1. The lowest BCUT2D eigenvalue weighted by atomic mass is 10.1. The normalized spacial score (nSPS) is 11.4. The number of aromatic hydroxyl groups is 1. The molecule has 0 aliphatic rings. The second-order valence-electron chi connectivity index (χ2n) is 15.3. The molecule has 0 bridgehead atoms. The summed E-state index contributed by atoms with van der Waals surface area (Å²) in [6.07, 6.45) is 0.725. The summed E-state index contributed by atoms with van der Waals surface area (Å²) in [6.45, 7) is 7.86. The topological polar surface area (TPSA) is 229 Å². The molecule has 0 radical (unpaired) electrons. The van der Waals surface area contributed by atoms with Crippen LogP contribution in [0.1, 0.15) is 72.4 Å². The van der Waals surface area contributed by atoms with Crippen LogP contribution >= 0.6 is 22.7 Å². The van der Waals surface area contributed by atoms with Crippen molar-refractivity contribution in [3.05, 3.63) is 137 Å². The summed E-state index contributed by atoms with van der Waals surface area (Å²) in [5.74, 6) is -3.32. The number of H-pyrrole nitrogens is 1. The summed E-state index contributed by atoms with van der Waals surface area (Å²) in [6, 6.07) is 20.7. The molecule has 0 spiro atoms. The quantitative estimate of drug-likeness (QED) is 0.0710. The van der Waals surface area contributed by atoms with Crippen molar-refractivity contribution in [3.63, 3.8) is 0 Å². The predicted octanol–water partition coefficient (Wildman–Crippen LogP) is 8.21. The summed E-state index contributed by atoms with van der Waals surface area (Å²) in [4.78, 5) is 79.8. The van der Waals surface area contributed by atoms with Crippen LogP contribution in [0.5, 0.6) is 17.4 Å². The third-order valence-electron chi connectivity index (χ3n) is 9.62. The Balaban J connectivity index is 0.000000200. The van der Waals surface area contributed by atoms with Crippen LogP contribution in [-0.4, -0.2) is 64.7 Å². The zero-order chi connectivity index (χ0) is 45.2. The smallest absolute Gasteiger partial charge is 0.502 e. The molecule has 0 aliphatic carbocycles. The molecular formula is C45H40N4O12S2. The summed E-state index contributed by atoms with van der Waals surface area (Å²) < 4.78 is 19.8. The predicted molar refractivity (Wildman–Crippen MR) is 240 cm³/mol. The first-order chi connectivity index (χ1) is 30.0. The van der Waals surface area contributed by atoms with Crippen LogP contribution in [-0.2, 0) is 17.8 Å². The fourth-order valence-corrected chi connectivity index (χ4v) is 8.66. The van der Waals surface area contributed by atoms with Gasteiger partial charge in [-0.25, -0.2) is 19.4 Å². The number of aromatic nitrogens is 4. The minimum absolute atomic E-state index is 0.0948. The molecule has 2 aromatic carbocycles. The van der Waals surface area contributed by atoms with Gasteiger partial charge in [-0.15, -0.1) is 22.7 Å². The molecule has 6 aromatic heterocycles. The van der Waals surface area contributed by atoms with E-state index in [1.807, 2.05) is 25.1 Å². The number of fused-ring (bicyclic) bond motifs is 4. The zero-order valence-corrected chi connectivity index (χ0v) is 35.9. The molecule has 4 N–H and O–H groups in total. The first-order valence-electron chi connectivity index (χ1n) is 19.5. The van der Waals surface area contributed by atoms with Crippen LogP contribution in [0, 0.1) is 0 Å². The molecule has 0 saturated carbocycles. The maximum absolute atomic E-state index is 13.4. The van der Waals surface area contributed by atoms with Crippen molar-refractivity contribution in [1.29, 1.82) is 0 Å². The highest BCUT2D eigenvalue weighted by atomic mass is 32.1. The van der Waals surface area contributed by atoms with Crippen molar-refractivity contribution in [2.45, 2.75) is 59.2 Å². The SMILES string of the molecule is CCCCOc1c(C(=O)O)c2sccc2n(Cc2ccc3nc(OC(=O)OC(C)(C)C)ccc3c2)c1=O.O=C(O)c1c(O)c(=O)n(Cc2ccc3[nH]c(=O)ccc3c2)c2ccsc12. The molecular weight excluding hydrogens is 853 g/mol. The van der Waals surface area contributed by atoms with E-state index in [0.29, 0.717) is 37.9 Å². The molecule has 0 atom stereocenters. The van der Waals surface area contributed by atoms with Crippen LogP contribution < -0.4 is 26.2 Å². The van der Waals surface area contributed by atoms with Gasteiger partial charge in [-0.1, -0.05) is 25.5 Å². The average Bonchev–Trinajstić information content (AvgIpc) is 3.91. The Kier molecular flexibility index (Phi) is 12.5. The van der Waals surface area contributed by atoms with E-state index in [0.717, 1.165) is 39.7 Å². The molecule has 6 heterocycles. The molecule has 18 heteroatoms. The number of nitrogens with zero attached hydrogens (tertiary/aromatic N) is 3. The van der Waals surface area contributed by atoms with Gasteiger partial charge < -0.3 is 34.5 Å². The number of nitrogens with one attached hydrogen (secondary N) is 1. The number of unbranched alkanes of at least 4 members (excludes halogenated alkanes) is 1. The Morgan fingerprint density at radius 1 is 0.762 bits per heavy atom. The third kappa shape index (κ3) is 9.46. The van der Waals surface area contributed by atoms with E-state index in [-0.39, 0.29) is 48.0 Å². The van der Waals surface area contributed by atoms with Crippen molar-refractivity contribution in [3.8, 4) is 17.4 Å². The molecule has 0 unspecified atom stereocenters. The maximum Gasteiger partial charge on any atom is 0.515 e. The lowest BCUT2D eigenvalue weighted by Crippen LogP contribution is -2.26. The van der Waals surface area contributed by atoms with E-state index in [1.54, 1.807) is 80.1 Å². The number of hydrogen-bond donors (Lipinski definition) is 4. The second kappa shape index (κ2) is 18.0. The highest BCUT2D eigenvalue weighted by Gasteiger charge is 2.25. The number of ether oxygens (including phenoxy) is 3. The minimum Gasteiger partial charge on any atom is -0.502 e. The van der Waals surface area contributed by atoms with E-state index in [1.165, 1.54) is 26.5 Å². The Hall–Kier alpha value is -7.31. The van der Waals surface area contributed by atoms with Gasteiger partial charge in [0.2, 0.25) is 17.2 Å². The van der Waals surface area contributed by atoms with E-state index in [9.17, 15) is 44.1 Å². The molecule has 324 valence electrons. The van der Waals surface area contributed by atoms with Crippen molar-refractivity contribution in [2.75, 3.05) is 6.61 Å². The maximum atomic E-state index is 13.4. The lowest BCUT2D eigenvalue weighted by molar-refractivity contribution is 0.0197. The highest BCUT2D eigenvalue weighted by molar-refractivity contribution is 7.17. The molecule has 0 fully saturated rings. The number of pyridine rings is 4. The number of hydrogen-bond acceptors (Lipinski definition) is 13. The number of carboxylic acids is 2. The Morgan fingerprint density at radius 3 is 2.00 bits per heavy atom. The molecule has 0 amide bonds. The molecule has 0 saturated heterocycles. The summed E-state index contributed by atoms with van der Waals surface area (Å²) in [7, 11) is 0. The van der Waals surface area contributed by atoms with Gasteiger partial charge in [0, 0.05) is 23.0 Å². The number of carboxylic acid groups (broad SMARTS) is 2. The monoisotopic (exact) mass is 892 g/mol. The van der Waals surface area contributed by atoms with Crippen molar-refractivity contribution < 1.29 is 43.9 Å². The first-order valence-corrected chi connectivity index (χ1v) is 21.3. The van der Waals surface area contributed by atoms with Crippen molar-refractivity contribution in [2.24, 2.45) is 0 Å². The number of benzene rings is 2. The van der Waals surface area contributed by atoms with Crippen LogP contribution in [0.15, 0.2) is 97.9 Å². The van der Waals surface area contributed by atoms with Crippen LogP contribution in [0.2, 0.25) is 0 Å². The Morgan fingerprint density at radius 2 is 1.37 bits per heavy atom. The van der Waals surface area contributed by atoms with E-state index < -0.39 is 40.6 Å². The zero-order valence-electron chi connectivity index (χ0n) is 34.3. The van der Waals surface area contributed by atoms with Gasteiger partial charge >= 0.3 is 18.1 Å². The van der Waals surface area contributed by atoms with Crippen LogP contribution in [0.3, 0.4) is 0 Å². The largest absolute Gasteiger partial charge is 0.515 e. The fraction of sp³-hybridized carbons (Fsp3) is 0.222. The first kappa shape index (κ1) is 43.8. The standard InChI is InChI=1S/C27H28N2O7S.C18H12N2O5S/c1-5-6-12-34-22-21(25(31)32)23-19(11-13-37-23)29(24(22)30)15-16-7-9-18-17(14-16)8-10-20(28-18)35-26(33)36-27(2,3)4;21-13-4-2-10-7-9(1-3-11(10)19-13)8-20-12-5-6-26-16(12)14(18(24)25)15(22)17(20)23/h7-11,13-14H,5-6,12,15H2,1-4H3,(H,31,32);1-7,22H,8H2,(H,19,21)(H,24,25). The molecule has 16 nitrogen and oxygen atoms in total. The number of aromatic amines is 1. The third-order valence-corrected chi connectivity index (χ3v) is 11.5. The molecule has 8 rings (SSSR count). The van der Waals surface area contributed by atoms with Crippen LogP contribution in [0.4, 0.5) is 4.79 Å². The number of carbonyl (C=O) groups excluding carboxylic acids is 1. The Bertz CT molecular complexity index is 3260. The number of rotatable bonds is 11. The summed E-state index contributed by atoms with van der Waals surface area (Å²) >= 11 is 2.41. The van der Waals surface area contributed by atoms with Crippen molar-refractivity contribution in [1.82, 2.24) is 19.1 Å². The number of carbonyl (C=O) groups is 3. The minimum atomic E-state index is -1.34. The van der Waals surface area contributed by atoms with Gasteiger partial charge in [0.1, 0.15) is 16.7 Å². The lowest BCUT2D eigenvalue weighted by Gasteiger charge is -2.18. The van der Waals surface area contributed by atoms with E-state index in [4.69, 9.17) is 14.2 Å².